The van der Waals surface area contributed by atoms with Crippen LogP contribution in [0.2, 0.25) is 0 Å². The molecular weight excluding hydrogens is 232 g/mol. The highest BCUT2D eigenvalue weighted by atomic mass is 32.2. The van der Waals surface area contributed by atoms with Gasteiger partial charge in [-0.15, -0.1) is 0 Å². The number of hydrogen-bond acceptors (Lipinski definition) is 2. The van der Waals surface area contributed by atoms with Crippen LogP contribution in [-0.2, 0) is 10.1 Å². The average molecular weight is 244 g/mol. The van der Waals surface area contributed by atoms with Crippen LogP contribution in [0.25, 0.3) is 10.8 Å². The summed E-state index contributed by atoms with van der Waals surface area (Å²) >= 11 is 0. The van der Waals surface area contributed by atoms with Gasteiger partial charge in [0.25, 0.3) is 10.1 Å². The summed E-state index contributed by atoms with van der Waals surface area (Å²) in [5.41, 5.74) is 0. The van der Waals surface area contributed by atoms with Crippen molar-refractivity contribution in [2.75, 3.05) is 0 Å². The maximum atomic E-state index is 11.0. The molecule has 0 heterocycles. The van der Waals surface area contributed by atoms with Gasteiger partial charge in [-0.1, -0.05) is 36.4 Å². The van der Waals surface area contributed by atoms with Crippen LogP contribution >= 0.6 is 0 Å². The summed E-state index contributed by atoms with van der Waals surface area (Å²) in [5, 5.41) is 1.33. The summed E-state index contributed by atoms with van der Waals surface area (Å²) in [4.78, 5) is -0.0457. The Hall–Kier alpha value is -1.47. The fourth-order valence-corrected chi connectivity index (χ4v) is 2.13. The Kier molecular flexibility index (Phi) is 4.58. The monoisotopic (exact) mass is 244 g/mol. The molecule has 0 atom stereocenters. The molecule has 0 spiro atoms. The minimum absolute atomic E-state index is 0. The molecule has 2 aromatic carbocycles. The van der Waals surface area contributed by atoms with Gasteiger partial charge in [-0.05, 0) is 11.5 Å². The van der Waals surface area contributed by atoms with Crippen molar-refractivity contribution in [2.24, 2.45) is 0 Å². The summed E-state index contributed by atoms with van der Waals surface area (Å²) in [6.07, 6.45) is 0. The quantitative estimate of drug-likeness (QED) is 0.733. The molecule has 88 valence electrons. The number of rotatable bonds is 1. The van der Waals surface area contributed by atoms with Crippen molar-refractivity contribution >= 4 is 20.9 Å². The van der Waals surface area contributed by atoms with Crippen LogP contribution in [0.3, 0.4) is 0 Å². The summed E-state index contributed by atoms with van der Waals surface area (Å²) in [6.45, 7) is 0. The minimum atomic E-state index is -4.13. The maximum absolute atomic E-state index is 11.0. The fourth-order valence-electron chi connectivity index (χ4n) is 1.42. The Morgan fingerprint density at radius 1 is 0.875 bits per heavy atom. The second kappa shape index (κ2) is 5.04. The van der Waals surface area contributed by atoms with Crippen molar-refractivity contribution in [3.05, 3.63) is 42.5 Å². The second-order valence-corrected chi connectivity index (χ2v) is 4.34. The first-order chi connectivity index (χ1) is 6.59. The van der Waals surface area contributed by atoms with Crippen molar-refractivity contribution in [3.8, 4) is 0 Å². The molecule has 0 amide bonds. The van der Waals surface area contributed by atoms with E-state index in [0.29, 0.717) is 5.39 Å². The molecule has 6 heteroatoms. The predicted octanol–water partition coefficient (Wildman–Crippen LogP) is 0.437. The topological polar surface area (TPSA) is 117 Å². The molecular formula is C10H12O5S. The Balaban J connectivity index is 0.00000112. The SMILES string of the molecule is O.O.O=S(=O)(O)c1cccc2ccccc12. The van der Waals surface area contributed by atoms with E-state index < -0.39 is 10.1 Å². The summed E-state index contributed by atoms with van der Waals surface area (Å²) in [6, 6.07) is 11.8. The van der Waals surface area contributed by atoms with Gasteiger partial charge in [0, 0.05) is 5.39 Å². The lowest BCUT2D eigenvalue weighted by Gasteiger charge is -2.02. The highest BCUT2D eigenvalue weighted by molar-refractivity contribution is 7.86. The van der Waals surface area contributed by atoms with Gasteiger partial charge in [0.1, 0.15) is 4.90 Å². The van der Waals surface area contributed by atoms with Gasteiger partial charge in [0.05, 0.1) is 0 Å². The molecule has 0 aliphatic rings. The van der Waals surface area contributed by atoms with Crippen molar-refractivity contribution in [1.29, 1.82) is 0 Å². The van der Waals surface area contributed by atoms with Crippen molar-refractivity contribution < 1.29 is 23.9 Å². The summed E-state index contributed by atoms with van der Waals surface area (Å²) in [7, 11) is -4.13. The lowest BCUT2D eigenvalue weighted by molar-refractivity contribution is 0.484. The van der Waals surface area contributed by atoms with E-state index in [9.17, 15) is 8.42 Å². The number of hydrogen-bond donors (Lipinski definition) is 1. The van der Waals surface area contributed by atoms with Crippen LogP contribution in [0.4, 0.5) is 0 Å². The first-order valence-electron chi connectivity index (χ1n) is 4.04. The molecule has 0 saturated carbocycles. The maximum Gasteiger partial charge on any atom is 0.295 e. The van der Waals surface area contributed by atoms with Gasteiger partial charge in [0.2, 0.25) is 0 Å². The Morgan fingerprint density at radius 3 is 2.06 bits per heavy atom. The molecule has 0 unspecified atom stereocenters. The van der Waals surface area contributed by atoms with Gasteiger partial charge >= 0.3 is 0 Å². The van der Waals surface area contributed by atoms with Crippen LogP contribution in [0.15, 0.2) is 47.4 Å². The smallest absolute Gasteiger partial charge is 0.295 e. The largest absolute Gasteiger partial charge is 0.412 e. The fraction of sp³-hybridized carbons (Fsp3) is 0. The van der Waals surface area contributed by atoms with E-state index in [4.69, 9.17) is 4.55 Å². The van der Waals surface area contributed by atoms with E-state index in [1.54, 1.807) is 30.3 Å². The highest BCUT2D eigenvalue weighted by Crippen LogP contribution is 2.21. The molecule has 5 nitrogen and oxygen atoms in total. The third kappa shape index (κ3) is 2.56. The van der Waals surface area contributed by atoms with Gasteiger partial charge in [-0.3, -0.25) is 4.55 Å². The molecule has 16 heavy (non-hydrogen) atoms. The standard InChI is InChI=1S/C10H8O3S.2H2O/c11-14(12,13)10-7-3-5-8-4-1-2-6-9(8)10;;/h1-7H,(H,11,12,13);2*1H2. The lowest BCUT2D eigenvalue weighted by atomic mass is 10.1. The van der Waals surface area contributed by atoms with E-state index in [1.165, 1.54) is 6.07 Å². The van der Waals surface area contributed by atoms with E-state index in [0.717, 1.165) is 5.39 Å². The molecule has 2 rings (SSSR count). The van der Waals surface area contributed by atoms with Crippen molar-refractivity contribution in [1.82, 2.24) is 0 Å². The van der Waals surface area contributed by atoms with Gasteiger partial charge in [-0.2, -0.15) is 8.42 Å². The third-order valence-corrected chi connectivity index (χ3v) is 2.94. The molecule has 5 N–H and O–H groups in total. The van der Waals surface area contributed by atoms with Gasteiger partial charge in [0.15, 0.2) is 0 Å². The van der Waals surface area contributed by atoms with E-state index >= 15 is 0 Å². The van der Waals surface area contributed by atoms with Crippen LogP contribution in [-0.4, -0.2) is 23.9 Å². The van der Waals surface area contributed by atoms with Gasteiger partial charge in [-0.25, -0.2) is 0 Å². The molecule has 0 fully saturated rings. The lowest BCUT2D eigenvalue weighted by Crippen LogP contribution is -1.98. The van der Waals surface area contributed by atoms with Gasteiger partial charge < -0.3 is 11.0 Å². The van der Waals surface area contributed by atoms with E-state index in [1.807, 2.05) is 6.07 Å². The molecule has 0 radical (unpaired) electrons. The van der Waals surface area contributed by atoms with Crippen molar-refractivity contribution in [2.45, 2.75) is 4.90 Å². The van der Waals surface area contributed by atoms with E-state index in [-0.39, 0.29) is 15.8 Å². The molecule has 0 aliphatic carbocycles. The molecule has 0 bridgehead atoms. The minimum Gasteiger partial charge on any atom is -0.412 e. The Bertz CT molecular complexity index is 571. The zero-order chi connectivity index (χ0) is 10.2. The van der Waals surface area contributed by atoms with Crippen LogP contribution < -0.4 is 0 Å². The first-order valence-corrected chi connectivity index (χ1v) is 5.48. The average Bonchev–Trinajstić information content (AvgIpc) is 2.15. The normalized spacial score (nSPS) is 10.3. The van der Waals surface area contributed by atoms with Crippen LogP contribution in [0.5, 0.6) is 0 Å². The summed E-state index contributed by atoms with van der Waals surface area (Å²) in [5.74, 6) is 0. The zero-order valence-electron chi connectivity index (χ0n) is 8.21. The number of fused-ring (bicyclic) bond motifs is 1. The molecule has 0 saturated heterocycles. The zero-order valence-corrected chi connectivity index (χ0v) is 9.03. The van der Waals surface area contributed by atoms with Crippen molar-refractivity contribution in [3.63, 3.8) is 0 Å². The second-order valence-electron chi connectivity index (χ2n) is 2.95. The van der Waals surface area contributed by atoms with Crippen LogP contribution in [0.1, 0.15) is 0 Å². The Morgan fingerprint density at radius 2 is 1.44 bits per heavy atom. The number of benzene rings is 2. The third-order valence-electron chi connectivity index (χ3n) is 2.03. The van der Waals surface area contributed by atoms with E-state index in [2.05, 4.69) is 0 Å². The molecule has 0 aliphatic heterocycles. The van der Waals surface area contributed by atoms with Crippen LogP contribution in [0, 0.1) is 0 Å². The first kappa shape index (κ1) is 14.5. The molecule has 2 aromatic rings. The Labute approximate surface area is 92.7 Å². The predicted molar refractivity (Wildman–Crippen MR) is 61.0 cm³/mol. The molecule has 0 aromatic heterocycles. The summed E-state index contributed by atoms with van der Waals surface area (Å²) < 4.78 is 31.0. The highest BCUT2D eigenvalue weighted by Gasteiger charge is 2.12.